The number of nitrogens with zero attached hydrogens (tertiary/aromatic N) is 5. The topological polar surface area (TPSA) is 82.0 Å². The number of hydrogen-bond donors (Lipinski definition) is 1. The summed E-state index contributed by atoms with van der Waals surface area (Å²) in [4.78, 5) is 13.3. The molecule has 0 saturated carbocycles. The first-order valence-corrected chi connectivity index (χ1v) is 8.07. The number of nitrogens with two attached hydrogens (primary N) is 1. The maximum absolute atomic E-state index is 6.03. The van der Waals surface area contributed by atoms with Crippen LogP contribution in [-0.2, 0) is 0 Å². The normalized spacial score (nSPS) is 10.9. The fourth-order valence-corrected chi connectivity index (χ4v) is 2.99. The van der Waals surface area contributed by atoms with E-state index in [-0.39, 0.29) is 4.99 Å². The zero-order chi connectivity index (χ0) is 17.4. The summed E-state index contributed by atoms with van der Waals surface area (Å²) < 4.78 is 1.76. The van der Waals surface area contributed by atoms with Crippen LogP contribution >= 0.6 is 12.2 Å². The number of hydrogen-bond acceptors (Lipinski definition) is 5. The van der Waals surface area contributed by atoms with Crippen molar-refractivity contribution < 1.29 is 0 Å². The third kappa shape index (κ3) is 2.64. The van der Waals surface area contributed by atoms with Gasteiger partial charge in [-0.2, -0.15) is 0 Å². The number of fused-ring (bicyclic) bond motifs is 1. The molecule has 122 valence electrons. The van der Waals surface area contributed by atoms with Crippen molar-refractivity contribution in [2.75, 3.05) is 0 Å². The molecule has 4 heterocycles. The van der Waals surface area contributed by atoms with E-state index in [1.165, 1.54) is 0 Å². The fourth-order valence-electron chi connectivity index (χ4n) is 2.79. The zero-order valence-corrected chi connectivity index (χ0v) is 14.2. The van der Waals surface area contributed by atoms with Crippen LogP contribution in [0.4, 0.5) is 0 Å². The lowest BCUT2D eigenvalue weighted by Gasteiger charge is -2.11. The number of aryl methyl sites for hydroxylation is 1. The van der Waals surface area contributed by atoms with Crippen molar-refractivity contribution in [1.82, 2.24) is 24.6 Å². The van der Waals surface area contributed by atoms with E-state index in [1.54, 1.807) is 29.3 Å². The molecule has 0 saturated heterocycles. The van der Waals surface area contributed by atoms with E-state index in [0.29, 0.717) is 17.0 Å². The smallest absolute Gasteiger partial charge is 0.183 e. The highest BCUT2D eigenvalue weighted by Crippen LogP contribution is 2.28. The van der Waals surface area contributed by atoms with Crippen LogP contribution in [0.25, 0.3) is 28.2 Å². The molecule has 0 fully saturated rings. The standard InChI is InChI=1S/C18H14N6S/c1-11-8-14(12-4-2-6-20-9-12)15(16(19)25)18-22-17(23-24(11)18)13-5-3-7-21-10-13/h2-10H,1H3,(H2,19,25). The molecule has 0 bridgehead atoms. The molecular weight excluding hydrogens is 332 g/mol. The second-order valence-electron chi connectivity index (χ2n) is 5.59. The highest BCUT2D eigenvalue weighted by Gasteiger charge is 2.18. The highest BCUT2D eigenvalue weighted by atomic mass is 32.1. The molecule has 6 nitrogen and oxygen atoms in total. The van der Waals surface area contributed by atoms with E-state index in [0.717, 1.165) is 22.4 Å². The molecule has 4 aromatic heterocycles. The van der Waals surface area contributed by atoms with Gasteiger partial charge in [-0.1, -0.05) is 18.3 Å². The Morgan fingerprint density at radius 2 is 1.76 bits per heavy atom. The van der Waals surface area contributed by atoms with Crippen molar-refractivity contribution in [3.8, 4) is 22.5 Å². The minimum absolute atomic E-state index is 0.272. The van der Waals surface area contributed by atoms with Gasteiger partial charge in [0.2, 0.25) is 0 Å². The Kier molecular flexibility index (Phi) is 3.70. The second kappa shape index (κ2) is 6.03. The monoisotopic (exact) mass is 346 g/mol. The molecule has 0 radical (unpaired) electrons. The molecular formula is C18H14N6S. The Bertz CT molecular complexity index is 1070. The van der Waals surface area contributed by atoms with E-state index in [9.17, 15) is 0 Å². The molecule has 0 amide bonds. The zero-order valence-electron chi connectivity index (χ0n) is 13.4. The van der Waals surface area contributed by atoms with Gasteiger partial charge in [0.1, 0.15) is 4.99 Å². The van der Waals surface area contributed by atoms with Crippen LogP contribution in [0.3, 0.4) is 0 Å². The van der Waals surface area contributed by atoms with Gasteiger partial charge in [0.15, 0.2) is 11.5 Å². The van der Waals surface area contributed by atoms with Gasteiger partial charge in [-0.25, -0.2) is 9.50 Å². The van der Waals surface area contributed by atoms with E-state index >= 15 is 0 Å². The van der Waals surface area contributed by atoms with Gasteiger partial charge < -0.3 is 5.73 Å². The van der Waals surface area contributed by atoms with Crippen LogP contribution in [-0.4, -0.2) is 29.6 Å². The van der Waals surface area contributed by atoms with E-state index in [4.69, 9.17) is 18.0 Å². The van der Waals surface area contributed by atoms with Crippen LogP contribution < -0.4 is 5.73 Å². The van der Waals surface area contributed by atoms with Crippen LogP contribution in [0.5, 0.6) is 0 Å². The number of rotatable bonds is 3. The lowest BCUT2D eigenvalue weighted by molar-refractivity contribution is 0.917. The lowest BCUT2D eigenvalue weighted by atomic mass is 10.0. The van der Waals surface area contributed by atoms with E-state index in [1.807, 2.05) is 37.3 Å². The van der Waals surface area contributed by atoms with Crippen molar-refractivity contribution in [2.24, 2.45) is 5.73 Å². The Hall–Kier alpha value is -3.19. The van der Waals surface area contributed by atoms with Gasteiger partial charge in [-0.05, 0) is 36.8 Å². The van der Waals surface area contributed by atoms with Gasteiger partial charge in [0, 0.05) is 41.6 Å². The van der Waals surface area contributed by atoms with Gasteiger partial charge in [0.25, 0.3) is 0 Å². The molecule has 4 rings (SSSR count). The quantitative estimate of drug-likeness (QED) is 0.575. The van der Waals surface area contributed by atoms with Crippen molar-refractivity contribution in [3.05, 3.63) is 66.4 Å². The molecule has 25 heavy (non-hydrogen) atoms. The summed E-state index contributed by atoms with van der Waals surface area (Å²) in [6.07, 6.45) is 6.95. The molecule has 0 unspecified atom stereocenters. The Labute approximate surface area is 149 Å². The average molecular weight is 346 g/mol. The van der Waals surface area contributed by atoms with Crippen LogP contribution in [0, 0.1) is 6.92 Å². The number of aromatic nitrogens is 5. The lowest BCUT2D eigenvalue weighted by Crippen LogP contribution is -2.14. The highest BCUT2D eigenvalue weighted by molar-refractivity contribution is 7.80. The molecule has 0 aliphatic heterocycles. The predicted molar refractivity (Wildman–Crippen MR) is 100 cm³/mol. The molecule has 2 N–H and O–H groups in total. The summed E-state index contributed by atoms with van der Waals surface area (Å²) in [5.41, 5.74) is 10.9. The summed E-state index contributed by atoms with van der Waals surface area (Å²) in [6, 6.07) is 9.62. The third-order valence-electron chi connectivity index (χ3n) is 3.93. The molecule has 0 spiro atoms. The minimum Gasteiger partial charge on any atom is -0.389 e. The maximum Gasteiger partial charge on any atom is 0.183 e. The fraction of sp³-hybridized carbons (Fsp3) is 0.0556. The van der Waals surface area contributed by atoms with Crippen molar-refractivity contribution >= 4 is 22.9 Å². The van der Waals surface area contributed by atoms with Gasteiger partial charge in [-0.15, -0.1) is 5.10 Å². The SMILES string of the molecule is Cc1cc(-c2cccnc2)c(C(N)=S)c2nc(-c3cccnc3)nn12. The Morgan fingerprint density at radius 1 is 1.08 bits per heavy atom. The van der Waals surface area contributed by atoms with Crippen molar-refractivity contribution in [3.63, 3.8) is 0 Å². The summed E-state index contributed by atoms with van der Waals surface area (Å²) >= 11 is 5.31. The number of thiocarbonyl (C=S) groups is 1. The molecule has 0 atom stereocenters. The first-order valence-electron chi connectivity index (χ1n) is 7.66. The summed E-state index contributed by atoms with van der Waals surface area (Å²) in [6.45, 7) is 1.97. The summed E-state index contributed by atoms with van der Waals surface area (Å²) in [5.74, 6) is 0.581. The van der Waals surface area contributed by atoms with Crippen LogP contribution in [0.1, 0.15) is 11.3 Å². The maximum atomic E-state index is 6.03. The van der Waals surface area contributed by atoms with Crippen LogP contribution in [0.2, 0.25) is 0 Å². The van der Waals surface area contributed by atoms with E-state index < -0.39 is 0 Å². The first kappa shape index (κ1) is 15.3. The largest absolute Gasteiger partial charge is 0.389 e. The molecule has 7 heteroatoms. The molecule has 4 aromatic rings. The Morgan fingerprint density at radius 3 is 2.36 bits per heavy atom. The molecule has 0 aliphatic carbocycles. The van der Waals surface area contributed by atoms with Crippen LogP contribution in [0.15, 0.2) is 55.1 Å². The predicted octanol–water partition coefficient (Wildman–Crippen LogP) is 2.80. The average Bonchev–Trinajstić information content (AvgIpc) is 3.08. The van der Waals surface area contributed by atoms with Gasteiger partial charge >= 0.3 is 0 Å². The third-order valence-corrected chi connectivity index (χ3v) is 4.13. The van der Waals surface area contributed by atoms with E-state index in [2.05, 4.69) is 20.1 Å². The Balaban J connectivity index is 2.03. The minimum atomic E-state index is 0.272. The van der Waals surface area contributed by atoms with Gasteiger partial charge in [-0.3, -0.25) is 9.97 Å². The molecule has 0 aliphatic rings. The second-order valence-corrected chi connectivity index (χ2v) is 6.03. The molecule has 0 aromatic carbocycles. The first-order chi connectivity index (χ1) is 12.1. The van der Waals surface area contributed by atoms with Gasteiger partial charge in [0.05, 0.1) is 5.56 Å². The number of pyridine rings is 3. The summed E-state index contributed by atoms with van der Waals surface area (Å²) in [5, 5.41) is 4.60. The van der Waals surface area contributed by atoms with Crippen molar-refractivity contribution in [1.29, 1.82) is 0 Å². The van der Waals surface area contributed by atoms with Crippen molar-refractivity contribution in [2.45, 2.75) is 6.92 Å². The summed E-state index contributed by atoms with van der Waals surface area (Å²) in [7, 11) is 0.